The van der Waals surface area contributed by atoms with Crippen LogP contribution in [0.15, 0.2) is 17.5 Å². The number of rotatable bonds is 5. The molecular weight excluding hydrogens is 184 g/mol. The first-order valence-electron chi connectivity index (χ1n) is 4.49. The lowest BCUT2D eigenvalue weighted by Gasteiger charge is -2.10. The van der Waals surface area contributed by atoms with Crippen molar-refractivity contribution in [2.75, 3.05) is 0 Å². The summed E-state index contributed by atoms with van der Waals surface area (Å²) in [6, 6.07) is 4.00. The van der Waals surface area contributed by atoms with Gasteiger partial charge in [0.15, 0.2) is 0 Å². The third-order valence-corrected chi connectivity index (χ3v) is 3.04. The molecule has 1 rings (SSSR count). The minimum Gasteiger partial charge on any atom is -0.481 e. The van der Waals surface area contributed by atoms with Gasteiger partial charge in [-0.25, -0.2) is 0 Å². The molecule has 0 fully saturated rings. The molecule has 1 heterocycles. The summed E-state index contributed by atoms with van der Waals surface area (Å²) in [5, 5.41) is 10.7. The maximum absolute atomic E-state index is 10.6. The molecule has 0 saturated carbocycles. The Bertz CT molecular complexity index is 254. The summed E-state index contributed by atoms with van der Waals surface area (Å²) >= 11 is 1.65. The quantitative estimate of drug-likeness (QED) is 0.789. The van der Waals surface area contributed by atoms with E-state index >= 15 is 0 Å². The molecule has 1 unspecified atom stereocenters. The van der Waals surface area contributed by atoms with Crippen LogP contribution in [0.4, 0.5) is 0 Å². The van der Waals surface area contributed by atoms with E-state index in [0.717, 1.165) is 12.8 Å². The highest BCUT2D eigenvalue weighted by atomic mass is 32.1. The molecule has 13 heavy (non-hydrogen) atoms. The van der Waals surface area contributed by atoms with E-state index in [1.807, 2.05) is 17.5 Å². The zero-order chi connectivity index (χ0) is 9.68. The number of carboxylic acids is 1. The van der Waals surface area contributed by atoms with Crippen LogP contribution >= 0.6 is 11.3 Å². The molecule has 0 aliphatic rings. The smallest absolute Gasteiger partial charge is 0.303 e. The van der Waals surface area contributed by atoms with E-state index in [1.54, 1.807) is 11.3 Å². The first-order chi connectivity index (χ1) is 6.24. The van der Waals surface area contributed by atoms with Gasteiger partial charge in [0.25, 0.3) is 0 Å². The van der Waals surface area contributed by atoms with Gasteiger partial charge >= 0.3 is 5.97 Å². The molecule has 2 nitrogen and oxygen atoms in total. The van der Waals surface area contributed by atoms with Gasteiger partial charge in [-0.05, 0) is 17.9 Å². The fourth-order valence-corrected chi connectivity index (χ4v) is 2.29. The Kier molecular flexibility index (Phi) is 3.96. The fourth-order valence-electron chi connectivity index (χ4n) is 1.43. The van der Waals surface area contributed by atoms with Crippen molar-refractivity contribution >= 4 is 17.3 Å². The Hall–Kier alpha value is -0.830. The van der Waals surface area contributed by atoms with Gasteiger partial charge in [-0.3, -0.25) is 4.79 Å². The van der Waals surface area contributed by atoms with E-state index in [1.165, 1.54) is 4.88 Å². The molecule has 0 aromatic carbocycles. The summed E-state index contributed by atoms with van der Waals surface area (Å²) in [6.07, 6.45) is 2.26. The summed E-state index contributed by atoms with van der Waals surface area (Å²) in [5.41, 5.74) is 0. The number of carbonyl (C=O) groups is 1. The molecule has 72 valence electrons. The van der Waals surface area contributed by atoms with Gasteiger partial charge in [-0.2, -0.15) is 0 Å². The van der Waals surface area contributed by atoms with Crippen molar-refractivity contribution in [3.8, 4) is 0 Å². The Morgan fingerprint density at radius 2 is 2.46 bits per heavy atom. The van der Waals surface area contributed by atoms with Crippen LogP contribution in [0, 0.1) is 0 Å². The summed E-state index contributed by atoms with van der Waals surface area (Å²) in [7, 11) is 0. The SMILES string of the molecule is CCCC(CC(=O)O)c1cccs1. The molecule has 0 saturated heterocycles. The Morgan fingerprint density at radius 1 is 1.69 bits per heavy atom. The minimum absolute atomic E-state index is 0.211. The highest BCUT2D eigenvalue weighted by Crippen LogP contribution is 2.28. The van der Waals surface area contributed by atoms with Crippen molar-refractivity contribution in [3.05, 3.63) is 22.4 Å². The third-order valence-electron chi connectivity index (χ3n) is 2.00. The largest absolute Gasteiger partial charge is 0.481 e. The first-order valence-corrected chi connectivity index (χ1v) is 5.37. The number of aliphatic carboxylic acids is 1. The second-order valence-electron chi connectivity index (χ2n) is 3.10. The highest BCUT2D eigenvalue weighted by molar-refractivity contribution is 7.10. The average molecular weight is 198 g/mol. The Balaban J connectivity index is 2.62. The Labute approximate surface area is 82.2 Å². The number of carboxylic acid groups (broad SMARTS) is 1. The minimum atomic E-state index is -0.702. The van der Waals surface area contributed by atoms with Gasteiger partial charge in [0.1, 0.15) is 0 Å². The summed E-state index contributed by atoms with van der Waals surface area (Å²) in [6.45, 7) is 2.09. The van der Waals surface area contributed by atoms with Crippen LogP contribution in [0.25, 0.3) is 0 Å². The van der Waals surface area contributed by atoms with Crippen molar-refractivity contribution < 1.29 is 9.90 Å². The van der Waals surface area contributed by atoms with Crippen LogP contribution in [0.5, 0.6) is 0 Å². The van der Waals surface area contributed by atoms with Gasteiger partial charge in [-0.1, -0.05) is 19.4 Å². The lowest BCUT2D eigenvalue weighted by atomic mass is 9.98. The zero-order valence-electron chi connectivity index (χ0n) is 7.69. The summed E-state index contributed by atoms with van der Waals surface area (Å²) in [5.74, 6) is -0.491. The number of hydrogen-bond donors (Lipinski definition) is 1. The van der Waals surface area contributed by atoms with E-state index in [0.29, 0.717) is 0 Å². The molecule has 0 radical (unpaired) electrons. The van der Waals surface area contributed by atoms with Gasteiger partial charge in [0.05, 0.1) is 6.42 Å². The van der Waals surface area contributed by atoms with Crippen LogP contribution in [0.2, 0.25) is 0 Å². The predicted octanol–water partition coefficient (Wildman–Crippen LogP) is 3.11. The van der Waals surface area contributed by atoms with Crippen LogP contribution in [-0.4, -0.2) is 11.1 Å². The van der Waals surface area contributed by atoms with Crippen LogP contribution in [0.3, 0.4) is 0 Å². The molecule has 1 aromatic heterocycles. The second kappa shape index (κ2) is 5.02. The lowest BCUT2D eigenvalue weighted by molar-refractivity contribution is -0.137. The van der Waals surface area contributed by atoms with E-state index in [4.69, 9.17) is 5.11 Å². The molecule has 1 N–H and O–H groups in total. The molecule has 0 amide bonds. The van der Waals surface area contributed by atoms with Crippen molar-refractivity contribution in [2.45, 2.75) is 32.1 Å². The molecule has 0 aliphatic heterocycles. The van der Waals surface area contributed by atoms with Crippen LogP contribution in [0.1, 0.15) is 37.0 Å². The molecular formula is C10H14O2S. The van der Waals surface area contributed by atoms with Crippen molar-refractivity contribution in [1.29, 1.82) is 0 Å². The van der Waals surface area contributed by atoms with Crippen molar-refractivity contribution in [3.63, 3.8) is 0 Å². The van der Waals surface area contributed by atoms with E-state index < -0.39 is 5.97 Å². The van der Waals surface area contributed by atoms with Crippen LogP contribution < -0.4 is 0 Å². The van der Waals surface area contributed by atoms with Gasteiger partial charge in [0.2, 0.25) is 0 Å². The van der Waals surface area contributed by atoms with Gasteiger partial charge < -0.3 is 5.11 Å². The predicted molar refractivity (Wildman–Crippen MR) is 54.2 cm³/mol. The van der Waals surface area contributed by atoms with Gasteiger partial charge in [0, 0.05) is 10.8 Å². The molecule has 1 aromatic rings. The molecule has 0 spiro atoms. The third kappa shape index (κ3) is 3.19. The van der Waals surface area contributed by atoms with Crippen molar-refractivity contribution in [1.82, 2.24) is 0 Å². The maximum atomic E-state index is 10.6. The topological polar surface area (TPSA) is 37.3 Å². The molecule has 1 atom stereocenters. The molecule has 0 aliphatic carbocycles. The number of thiophene rings is 1. The van der Waals surface area contributed by atoms with E-state index in [9.17, 15) is 4.79 Å². The lowest BCUT2D eigenvalue weighted by Crippen LogP contribution is -2.04. The molecule has 0 bridgehead atoms. The van der Waals surface area contributed by atoms with E-state index in [-0.39, 0.29) is 12.3 Å². The van der Waals surface area contributed by atoms with Gasteiger partial charge in [-0.15, -0.1) is 11.3 Å². The van der Waals surface area contributed by atoms with Crippen molar-refractivity contribution in [2.24, 2.45) is 0 Å². The van der Waals surface area contributed by atoms with Crippen LogP contribution in [-0.2, 0) is 4.79 Å². The average Bonchev–Trinajstić information content (AvgIpc) is 2.54. The molecule has 3 heteroatoms. The monoisotopic (exact) mass is 198 g/mol. The first kappa shape index (κ1) is 10.3. The Morgan fingerprint density at radius 3 is 2.92 bits per heavy atom. The summed E-state index contributed by atoms with van der Waals surface area (Å²) in [4.78, 5) is 11.8. The van der Waals surface area contributed by atoms with E-state index in [2.05, 4.69) is 6.92 Å². The maximum Gasteiger partial charge on any atom is 0.303 e. The standard InChI is InChI=1S/C10H14O2S/c1-2-4-8(7-10(11)12)9-5-3-6-13-9/h3,5-6,8H,2,4,7H2,1H3,(H,11,12). The summed E-state index contributed by atoms with van der Waals surface area (Å²) < 4.78 is 0. The number of hydrogen-bond acceptors (Lipinski definition) is 2. The fraction of sp³-hybridized carbons (Fsp3) is 0.500. The normalized spacial score (nSPS) is 12.7. The zero-order valence-corrected chi connectivity index (χ0v) is 8.51. The highest BCUT2D eigenvalue weighted by Gasteiger charge is 2.14. The second-order valence-corrected chi connectivity index (χ2v) is 4.08.